The van der Waals surface area contributed by atoms with Crippen LogP contribution in [0.5, 0.6) is 0 Å². The Kier molecular flexibility index (Phi) is 57.0. The Bertz CT molecular complexity index is 1020. The summed E-state index contributed by atoms with van der Waals surface area (Å²) >= 11 is 0. The molecule has 0 bridgehead atoms. The van der Waals surface area contributed by atoms with Gasteiger partial charge in [0, 0.05) is 12.8 Å². The molecule has 0 aromatic carbocycles. The lowest BCUT2D eigenvalue weighted by Crippen LogP contribution is -2.45. The smallest absolute Gasteiger partial charge is 0.305 e. The molecule has 0 fully saturated rings. The third-order valence-electron chi connectivity index (χ3n) is 14.6. The van der Waals surface area contributed by atoms with E-state index < -0.39 is 12.1 Å². The Morgan fingerprint density at radius 2 is 0.706 bits per heavy atom. The van der Waals surface area contributed by atoms with Crippen LogP contribution in [0.15, 0.2) is 12.2 Å². The van der Waals surface area contributed by atoms with Crippen LogP contribution in [0.4, 0.5) is 0 Å². The van der Waals surface area contributed by atoms with E-state index in [1.54, 1.807) is 0 Å². The molecular weight excluding hydrogens is 839 g/mol. The zero-order valence-electron chi connectivity index (χ0n) is 46.1. The molecule has 0 saturated heterocycles. The van der Waals surface area contributed by atoms with Gasteiger partial charge in [-0.15, -0.1) is 0 Å². The zero-order chi connectivity index (χ0) is 49.3. The summed E-state index contributed by atoms with van der Waals surface area (Å²) in [5, 5.41) is 23.4. The van der Waals surface area contributed by atoms with E-state index in [1.165, 1.54) is 270 Å². The van der Waals surface area contributed by atoms with Gasteiger partial charge in [0.15, 0.2) is 0 Å². The number of unbranched alkanes of at least 4 members (excludes halogenated alkanes) is 45. The molecule has 3 N–H and O–H groups in total. The van der Waals surface area contributed by atoms with Crippen molar-refractivity contribution in [1.82, 2.24) is 5.32 Å². The third-order valence-corrected chi connectivity index (χ3v) is 14.6. The van der Waals surface area contributed by atoms with Crippen molar-refractivity contribution >= 4 is 11.9 Å². The normalized spacial score (nSPS) is 12.6. The number of amides is 1. The number of aliphatic hydroxyl groups is 2. The predicted octanol–water partition coefficient (Wildman–Crippen LogP) is 19.2. The predicted molar refractivity (Wildman–Crippen MR) is 297 cm³/mol. The quantitative estimate of drug-likeness (QED) is 0.0321. The number of esters is 1. The molecule has 1 amide bonds. The first-order chi connectivity index (χ1) is 33.5. The summed E-state index contributed by atoms with van der Waals surface area (Å²) in [4.78, 5) is 24.5. The Morgan fingerprint density at radius 3 is 1.09 bits per heavy atom. The highest BCUT2D eigenvalue weighted by atomic mass is 16.5. The average Bonchev–Trinajstić information content (AvgIpc) is 3.34. The minimum atomic E-state index is -0.666. The summed E-state index contributed by atoms with van der Waals surface area (Å²) in [5.41, 5.74) is 0. The number of rotatable bonds is 58. The van der Waals surface area contributed by atoms with Gasteiger partial charge in [0.1, 0.15) is 0 Å². The number of hydrogen-bond donors (Lipinski definition) is 3. The van der Waals surface area contributed by atoms with Crippen LogP contribution in [-0.4, -0.2) is 47.4 Å². The van der Waals surface area contributed by atoms with Crippen molar-refractivity contribution in [3.63, 3.8) is 0 Å². The summed E-state index contributed by atoms with van der Waals surface area (Å²) in [6, 6.07) is -0.543. The van der Waals surface area contributed by atoms with Crippen LogP contribution in [0, 0.1) is 0 Å². The number of aliphatic hydroxyl groups excluding tert-OH is 2. The minimum Gasteiger partial charge on any atom is -0.466 e. The summed E-state index contributed by atoms with van der Waals surface area (Å²) < 4.78 is 5.46. The van der Waals surface area contributed by atoms with Gasteiger partial charge >= 0.3 is 5.97 Å². The molecule has 0 radical (unpaired) electrons. The first kappa shape index (κ1) is 66.6. The Morgan fingerprint density at radius 1 is 0.397 bits per heavy atom. The van der Waals surface area contributed by atoms with Gasteiger partial charge in [0.25, 0.3) is 0 Å². The molecule has 0 heterocycles. The molecule has 0 saturated carbocycles. The van der Waals surface area contributed by atoms with Gasteiger partial charge in [-0.3, -0.25) is 9.59 Å². The summed E-state index contributed by atoms with van der Waals surface area (Å²) in [5.74, 6) is -0.0329. The fourth-order valence-corrected chi connectivity index (χ4v) is 9.80. The molecule has 0 aliphatic heterocycles. The summed E-state index contributed by atoms with van der Waals surface area (Å²) in [6.07, 6.45) is 69.3. The second-order valence-corrected chi connectivity index (χ2v) is 21.4. The Labute approximate surface area is 425 Å². The average molecular weight is 961 g/mol. The topological polar surface area (TPSA) is 95.9 Å². The van der Waals surface area contributed by atoms with Crippen molar-refractivity contribution in [2.75, 3.05) is 13.2 Å². The molecule has 0 spiro atoms. The summed E-state index contributed by atoms with van der Waals surface area (Å²) in [6.45, 7) is 4.94. The van der Waals surface area contributed by atoms with E-state index in [0.29, 0.717) is 25.9 Å². The van der Waals surface area contributed by atoms with Crippen LogP contribution in [0.1, 0.15) is 348 Å². The van der Waals surface area contributed by atoms with E-state index in [4.69, 9.17) is 4.74 Å². The first-order valence-corrected chi connectivity index (χ1v) is 30.9. The number of ether oxygens (including phenoxy) is 1. The van der Waals surface area contributed by atoms with E-state index in [2.05, 4.69) is 31.3 Å². The van der Waals surface area contributed by atoms with E-state index in [-0.39, 0.29) is 18.5 Å². The standard InChI is InChI=1S/C62H121NO5/c1-3-5-7-9-11-13-15-16-17-18-19-22-25-28-31-35-38-42-46-50-54-60(65)59(58-64)63-61(66)55-51-47-43-39-36-32-29-26-23-20-21-24-27-30-33-37-41-45-49-53-57-68-62(67)56-52-48-44-40-34-14-12-10-8-6-4-2/h10,12,59-60,64-65H,3-9,11,13-58H2,1-2H3,(H,63,66)/b12-10-. The SMILES string of the molecule is CCCC/C=C\CCCCCCCC(=O)OCCCCCCCCCCCCCCCCCCCCCCC(=O)NC(CO)C(O)CCCCCCCCCCCCCCCCCCCCCC. The monoisotopic (exact) mass is 960 g/mol. The lowest BCUT2D eigenvalue weighted by Gasteiger charge is -2.22. The van der Waals surface area contributed by atoms with Crippen molar-refractivity contribution in [3.05, 3.63) is 12.2 Å². The van der Waals surface area contributed by atoms with Crippen molar-refractivity contribution in [2.45, 2.75) is 360 Å². The van der Waals surface area contributed by atoms with Gasteiger partial charge in [0.05, 0.1) is 25.4 Å². The Balaban J connectivity index is 3.40. The van der Waals surface area contributed by atoms with E-state index in [9.17, 15) is 19.8 Å². The fraction of sp³-hybridized carbons (Fsp3) is 0.935. The molecule has 6 heteroatoms. The maximum absolute atomic E-state index is 12.5. The van der Waals surface area contributed by atoms with Crippen LogP contribution >= 0.6 is 0 Å². The van der Waals surface area contributed by atoms with Crippen LogP contribution < -0.4 is 5.32 Å². The van der Waals surface area contributed by atoms with Gasteiger partial charge in [-0.05, 0) is 44.9 Å². The fourth-order valence-electron chi connectivity index (χ4n) is 9.80. The number of nitrogens with one attached hydrogen (secondary N) is 1. The van der Waals surface area contributed by atoms with Crippen LogP contribution in [-0.2, 0) is 14.3 Å². The minimum absolute atomic E-state index is 0.000311. The molecule has 2 unspecified atom stereocenters. The van der Waals surface area contributed by atoms with Crippen molar-refractivity contribution in [1.29, 1.82) is 0 Å². The third kappa shape index (κ3) is 53.9. The second-order valence-electron chi connectivity index (χ2n) is 21.4. The molecule has 0 aromatic heterocycles. The molecule has 0 aromatic rings. The maximum atomic E-state index is 12.5. The van der Waals surface area contributed by atoms with E-state index >= 15 is 0 Å². The van der Waals surface area contributed by atoms with Gasteiger partial charge in [0.2, 0.25) is 5.91 Å². The largest absolute Gasteiger partial charge is 0.466 e. The van der Waals surface area contributed by atoms with Crippen LogP contribution in [0.2, 0.25) is 0 Å². The van der Waals surface area contributed by atoms with Gasteiger partial charge in [-0.2, -0.15) is 0 Å². The van der Waals surface area contributed by atoms with Crippen LogP contribution in [0.3, 0.4) is 0 Å². The highest BCUT2D eigenvalue weighted by Crippen LogP contribution is 2.18. The lowest BCUT2D eigenvalue weighted by molar-refractivity contribution is -0.143. The number of hydrogen-bond acceptors (Lipinski definition) is 5. The van der Waals surface area contributed by atoms with Gasteiger partial charge in [-0.1, -0.05) is 302 Å². The highest BCUT2D eigenvalue weighted by Gasteiger charge is 2.20. The maximum Gasteiger partial charge on any atom is 0.305 e. The summed E-state index contributed by atoms with van der Waals surface area (Å²) in [7, 11) is 0. The van der Waals surface area contributed by atoms with Crippen LogP contribution in [0.25, 0.3) is 0 Å². The molecule has 404 valence electrons. The molecule has 0 aliphatic carbocycles. The molecule has 68 heavy (non-hydrogen) atoms. The molecule has 6 nitrogen and oxygen atoms in total. The number of carbonyl (C=O) groups excluding carboxylic acids is 2. The van der Waals surface area contributed by atoms with Crippen molar-refractivity contribution in [2.24, 2.45) is 0 Å². The Hall–Kier alpha value is -1.40. The highest BCUT2D eigenvalue weighted by molar-refractivity contribution is 5.76. The molecule has 0 aliphatic rings. The van der Waals surface area contributed by atoms with Gasteiger partial charge < -0.3 is 20.3 Å². The van der Waals surface area contributed by atoms with Crippen molar-refractivity contribution in [3.8, 4) is 0 Å². The second kappa shape index (κ2) is 58.2. The van der Waals surface area contributed by atoms with E-state index in [0.717, 1.165) is 44.9 Å². The van der Waals surface area contributed by atoms with Crippen molar-refractivity contribution < 1.29 is 24.5 Å². The number of allylic oxidation sites excluding steroid dienone is 2. The molecule has 0 rings (SSSR count). The molecule has 2 atom stereocenters. The molecular formula is C62H121NO5. The van der Waals surface area contributed by atoms with E-state index in [1.807, 2.05) is 0 Å². The first-order valence-electron chi connectivity index (χ1n) is 30.9. The van der Waals surface area contributed by atoms with Gasteiger partial charge in [-0.25, -0.2) is 0 Å². The zero-order valence-corrected chi connectivity index (χ0v) is 46.1. The number of carbonyl (C=O) groups is 2. The lowest BCUT2D eigenvalue weighted by atomic mass is 10.0.